The summed E-state index contributed by atoms with van der Waals surface area (Å²) in [6.07, 6.45) is 1.00. The summed E-state index contributed by atoms with van der Waals surface area (Å²) in [7, 11) is 0. The molecule has 0 atom stereocenters. The summed E-state index contributed by atoms with van der Waals surface area (Å²) >= 11 is 0. The molecular formula is C11H18N2. The molecule has 72 valence electrons. The van der Waals surface area contributed by atoms with E-state index < -0.39 is 0 Å². The quantitative estimate of drug-likeness (QED) is 0.690. The van der Waals surface area contributed by atoms with Crippen molar-refractivity contribution in [3.8, 4) is 0 Å². The molecule has 0 aliphatic rings. The van der Waals surface area contributed by atoms with Crippen LogP contribution in [0.4, 0.5) is 5.69 Å². The summed E-state index contributed by atoms with van der Waals surface area (Å²) in [5, 5.41) is 3.37. The van der Waals surface area contributed by atoms with Crippen LogP contribution in [0, 0.1) is 0 Å². The highest BCUT2D eigenvalue weighted by Crippen LogP contribution is 2.10. The summed E-state index contributed by atoms with van der Waals surface area (Å²) in [4.78, 5) is 0. The molecule has 0 aromatic heterocycles. The molecular weight excluding hydrogens is 160 g/mol. The van der Waals surface area contributed by atoms with Gasteiger partial charge in [0, 0.05) is 11.7 Å². The minimum Gasteiger partial charge on any atom is -0.399 e. The van der Waals surface area contributed by atoms with Crippen LogP contribution in [0.3, 0.4) is 0 Å². The Morgan fingerprint density at radius 1 is 1.31 bits per heavy atom. The molecule has 0 amide bonds. The van der Waals surface area contributed by atoms with Crippen molar-refractivity contribution in [1.82, 2.24) is 5.32 Å². The van der Waals surface area contributed by atoms with Crippen LogP contribution in [0.5, 0.6) is 0 Å². The second kappa shape index (κ2) is 4.87. The largest absolute Gasteiger partial charge is 0.399 e. The maximum Gasteiger partial charge on any atom is 0.0347 e. The number of anilines is 1. The molecule has 3 N–H and O–H groups in total. The highest BCUT2D eigenvalue weighted by molar-refractivity contribution is 5.46. The van der Waals surface area contributed by atoms with Crippen LogP contribution in [0.25, 0.3) is 0 Å². The van der Waals surface area contributed by atoms with Gasteiger partial charge in [-0.05, 0) is 24.6 Å². The summed E-state index contributed by atoms with van der Waals surface area (Å²) in [5.74, 6) is 0. The van der Waals surface area contributed by atoms with Crippen LogP contribution in [0.2, 0.25) is 0 Å². The third kappa shape index (κ3) is 3.47. The predicted octanol–water partition coefficient (Wildman–Crippen LogP) is 1.81. The fourth-order valence-corrected chi connectivity index (χ4v) is 1.26. The van der Waals surface area contributed by atoms with Gasteiger partial charge < -0.3 is 11.1 Å². The van der Waals surface area contributed by atoms with E-state index in [9.17, 15) is 0 Å². The molecule has 2 heteroatoms. The lowest BCUT2D eigenvalue weighted by Crippen LogP contribution is -2.25. The van der Waals surface area contributed by atoms with Crippen molar-refractivity contribution in [2.24, 2.45) is 0 Å². The Kier molecular flexibility index (Phi) is 3.77. The molecule has 0 aliphatic carbocycles. The van der Waals surface area contributed by atoms with Gasteiger partial charge in [-0.1, -0.05) is 32.0 Å². The summed E-state index contributed by atoms with van der Waals surface area (Å²) in [6, 6.07) is 8.57. The topological polar surface area (TPSA) is 38.0 Å². The van der Waals surface area contributed by atoms with Crippen molar-refractivity contribution >= 4 is 5.69 Å². The second-order valence-corrected chi connectivity index (χ2v) is 3.56. The number of rotatable bonds is 4. The van der Waals surface area contributed by atoms with Gasteiger partial charge in [0.05, 0.1) is 0 Å². The lowest BCUT2D eigenvalue weighted by Gasteiger charge is -2.09. The Morgan fingerprint density at radius 2 is 2.00 bits per heavy atom. The first-order chi connectivity index (χ1) is 6.20. The number of hydrogen-bond acceptors (Lipinski definition) is 2. The molecule has 0 saturated carbocycles. The average molecular weight is 178 g/mol. The fraction of sp³-hybridized carbons (Fsp3) is 0.455. The van der Waals surface area contributed by atoms with Crippen LogP contribution >= 0.6 is 0 Å². The van der Waals surface area contributed by atoms with Crippen molar-refractivity contribution in [3.05, 3.63) is 29.8 Å². The Labute approximate surface area is 80.1 Å². The summed E-state index contributed by atoms with van der Waals surface area (Å²) < 4.78 is 0. The van der Waals surface area contributed by atoms with Crippen molar-refractivity contribution in [2.45, 2.75) is 26.3 Å². The number of nitrogens with two attached hydrogens (primary N) is 1. The predicted molar refractivity (Wildman–Crippen MR) is 57.7 cm³/mol. The average Bonchev–Trinajstić information content (AvgIpc) is 2.08. The molecule has 0 spiro atoms. The third-order valence-corrected chi connectivity index (χ3v) is 2.00. The van der Waals surface area contributed by atoms with E-state index in [1.54, 1.807) is 0 Å². The van der Waals surface area contributed by atoms with Crippen molar-refractivity contribution in [1.29, 1.82) is 0 Å². The van der Waals surface area contributed by atoms with E-state index in [1.807, 2.05) is 18.2 Å². The summed E-state index contributed by atoms with van der Waals surface area (Å²) in [6.45, 7) is 5.29. The summed E-state index contributed by atoms with van der Waals surface area (Å²) in [5.41, 5.74) is 7.94. The van der Waals surface area contributed by atoms with E-state index in [0.717, 1.165) is 18.7 Å². The Balaban J connectivity index is 2.41. The smallest absolute Gasteiger partial charge is 0.0347 e. The molecule has 0 aliphatic heterocycles. The number of nitrogens with one attached hydrogen (secondary N) is 1. The Bertz CT molecular complexity index is 256. The minimum atomic E-state index is 0.546. The van der Waals surface area contributed by atoms with Gasteiger partial charge in [-0.2, -0.15) is 0 Å². The van der Waals surface area contributed by atoms with Crippen LogP contribution in [-0.2, 0) is 6.42 Å². The van der Waals surface area contributed by atoms with Crippen molar-refractivity contribution in [2.75, 3.05) is 12.3 Å². The molecule has 2 nitrogen and oxygen atoms in total. The van der Waals surface area contributed by atoms with Gasteiger partial charge in [-0.3, -0.25) is 0 Å². The van der Waals surface area contributed by atoms with E-state index in [2.05, 4.69) is 25.2 Å². The van der Waals surface area contributed by atoms with E-state index >= 15 is 0 Å². The first kappa shape index (κ1) is 10.1. The van der Waals surface area contributed by atoms with Crippen molar-refractivity contribution < 1.29 is 0 Å². The van der Waals surface area contributed by atoms with Gasteiger partial charge in [0.25, 0.3) is 0 Å². The molecule has 13 heavy (non-hydrogen) atoms. The monoisotopic (exact) mass is 178 g/mol. The maximum absolute atomic E-state index is 5.81. The van der Waals surface area contributed by atoms with E-state index in [0.29, 0.717) is 6.04 Å². The minimum absolute atomic E-state index is 0.546. The Morgan fingerprint density at radius 3 is 2.62 bits per heavy atom. The molecule has 0 radical (unpaired) electrons. The number of para-hydroxylation sites is 1. The van der Waals surface area contributed by atoms with Gasteiger partial charge >= 0.3 is 0 Å². The maximum atomic E-state index is 5.81. The molecule has 1 rings (SSSR count). The molecule has 1 aromatic rings. The zero-order chi connectivity index (χ0) is 9.68. The van der Waals surface area contributed by atoms with E-state index in [1.165, 1.54) is 5.56 Å². The van der Waals surface area contributed by atoms with Gasteiger partial charge in [-0.25, -0.2) is 0 Å². The molecule has 0 saturated heterocycles. The first-order valence-corrected chi connectivity index (χ1v) is 4.77. The fourth-order valence-electron chi connectivity index (χ4n) is 1.26. The SMILES string of the molecule is CC(C)NCCc1ccccc1N. The number of hydrogen-bond donors (Lipinski definition) is 2. The van der Waals surface area contributed by atoms with E-state index in [-0.39, 0.29) is 0 Å². The number of nitrogen functional groups attached to an aromatic ring is 1. The molecule has 0 fully saturated rings. The van der Waals surface area contributed by atoms with Crippen molar-refractivity contribution in [3.63, 3.8) is 0 Å². The van der Waals surface area contributed by atoms with Gasteiger partial charge in [0.1, 0.15) is 0 Å². The molecule has 0 heterocycles. The zero-order valence-corrected chi connectivity index (χ0v) is 8.38. The lowest BCUT2D eigenvalue weighted by molar-refractivity contribution is 0.591. The highest BCUT2D eigenvalue weighted by atomic mass is 14.9. The van der Waals surface area contributed by atoms with Crippen LogP contribution in [0.1, 0.15) is 19.4 Å². The standard InChI is InChI=1S/C11H18N2/c1-9(2)13-8-7-10-5-3-4-6-11(10)12/h3-6,9,13H,7-8,12H2,1-2H3. The molecule has 0 bridgehead atoms. The first-order valence-electron chi connectivity index (χ1n) is 4.77. The zero-order valence-electron chi connectivity index (χ0n) is 8.38. The molecule has 1 aromatic carbocycles. The number of benzene rings is 1. The van der Waals surface area contributed by atoms with E-state index in [4.69, 9.17) is 5.73 Å². The van der Waals surface area contributed by atoms with Gasteiger partial charge in [-0.15, -0.1) is 0 Å². The second-order valence-electron chi connectivity index (χ2n) is 3.56. The van der Waals surface area contributed by atoms with Crippen LogP contribution in [0.15, 0.2) is 24.3 Å². The van der Waals surface area contributed by atoms with Crippen LogP contribution < -0.4 is 11.1 Å². The molecule has 0 unspecified atom stereocenters. The normalized spacial score (nSPS) is 10.7. The lowest BCUT2D eigenvalue weighted by atomic mass is 10.1. The Hall–Kier alpha value is -1.02. The van der Waals surface area contributed by atoms with Gasteiger partial charge in [0.15, 0.2) is 0 Å². The van der Waals surface area contributed by atoms with Crippen LogP contribution in [-0.4, -0.2) is 12.6 Å². The van der Waals surface area contributed by atoms with Gasteiger partial charge in [0.2, 0.25) is 0 Å². The third-order valence-electron chi connectivity index (χ3n) is 2.00. The highest BCUT2D eigenvalue weighted by Gasteiger charge is 1.97.